The number of methoxy groups -OCH3 is 1. The van der Waals surface area contributed by atoms with Gasteiger partial charge in [0.15, 0.2) is 0 Å². The number of carbonyl (C=O) groups excluding carboxylic acids is 1. The summed E-state index contributed by atoms with van der Waals surface area (Å²) >= 11 is 0. The number of carbonyl (C=O) groups is 1. The second kappa shape index (κ2) is 10.5. The lowest BCUT2D eigenvalue weighted by atomic mass is 9.83. The summed E-state index contributed by atoms with van der Waals surface area (Å²) in [5, 5.41) is 4.36. The Balaban J connectivity index is 1.58. The monoisotopic (exact) mass is 491 g/mol. The van der Waals surface area contributed by atoms with Crippen molar-refractivity contribution in [1.82, 2.24) is 9.78 Å². The fraction of sp³-hybridized carbons (Fsp3) is 0.250. The molecular weight excluding hydrogens is 458 g/mol. The van der Waals surface area contributed by atoms with E-state index in [0.29, 0.717) is 6.04 Å². The lowest BCUT2D eigenvalue weighted by Gasteiger charge is -2.44. The van der Waals surface area contributed by atoms with Crippen molar-refractivity contribution in [3.8, 4) is 11.1 Å². The summed E-state index contributed by atoms with van der Waals surface area (Å²) in [6.07, 6.45) is 9.22. The van der Waals surface area contributed by atoms with Gasteiger partial charge in [-0.25, -0.2) is 4.79 Å². The van der Waals surface area contributed by atoms with Crippen LogP contribution in [0.3, 0.4) is 0 Å². The van der Waals surface area contributed by atoms with E-state index in [4.69, 9.17) is 4.74 Å². The number of benzene rings is 3. The average Bonchev–Trinajstić information content (AvgIpc) is 3.37. The molecule has 0 radical (unpaired) electrons. The number of esters is 1. The molecule has 4 aromatic rings. The van der Waals surface area contributed by atoms with E-state index in [1.165, 1.54) is 46.7 Å². The summed E-state index contributed by atoms with van der Waals surface area (Å²) in [5.41, 5.74) is 9.77. The zero-order valence-corrected chi connectivity index (χ0v) is 21.9. The van der Waals surface area contributed by atoms with Crippen LogP contribution in [-0.2, 0) is 29.4 Å². The number of nitrogens with zero attached hydrogens (tertiary/aromatic N) is 3. The van der Waals surface area contributed by atoms with Gasteiger partial charge < -0.3 is 9.64 Å². The van der Waals surface area contributed by atoms with Crippen LogP contribution in [0.5, 0.6) is 0 Å². The van der Waals surface area contributed by atoms with Gasteiger partial charge in [-0.2, -0.15) is 5.10 Å². The Morgan fingerprint density at radius 2 is 1.81 bits per heavy atom. The lowest BCUT2D eigenvalue weighted by molar-refractivity contribution is -0.134. The van der Waals surface area contributed by atoms with Gasteiger partial charge in [0.2, 0.25) is 0 Å². The summed E-state index contributed by atoms with van der Waals surface area (Å²) in [5.74, 6) is -0.356. The first-order valence-corrected chi connectivity index (χ1v) is 12.8. The van der Waals surface area contributed by atoms with E-state index in [0.717, 1.165) is 24.0 Å². The van der Waals surface area contributed by atoms with Crippen LogP contribution in [0, 0.1) is 0 Å². The largest absolute Gasteiger partial charge is 0.466 e. The van der Waals surface area contributed by atoms with Crippen molar-refractivity contribution < 1.29 is 9.53 Å². The van der Waals surface area contributed by atoms with Gasteiger partial charge in [-0.15, -0.1) is 0 Å². The molecule has 0 aliphatic carbocycles. The number of anilines is 1. The summed E-state index contributed by atoms with van der Waals surface area (Å²) < 4.78 is 6.57. The maximum Gasteiger partial charge on any atom is 0.330 e. The highest BCUT2D eigenvalue weighted by molar-refractivity contribution is 5.86. The molecule has 0 saturated heterocycles. The van der Waals surface area contributed by atoms with Crippen LogP contribution in [0.15, 0.2) is 85.2 Å². The van der Waals surface area contributed by atoms with Crippen molar-refractivity contribution in [2.45, 2.75) is 38.8 Å². The molecule has 0 fully saturated rings. The van der Waals surface area contributed by atoms with Crippen molar-refractivity contribution in [2.24, 2.45) is 7.05 Å². The molecule has 5 nitrogen and oxygen atoms in total. The summed E-state index contributed by atoms with van der Waals surface area (Å²) in [6, 6.07) is 24.7. The molecule has 5 heteroatoms. The van der Waals surface area contributed by atoms with E-state index < -0.39 is 0 Å². The normalized spacial score (nSPS) is 17.1. The molecule has 2 unspecified atom stereocenters. The van der Waals surface area contributed by atoms with Gasteiger partial charge in [0, 0.05) is 36.6 Å². The summed E-state index contributed by atoms with van der Waals surface area (Å²) in [6.45, 7) is 4.50. The molecule has 2 heterocycles. The van der Waals surface area contributed by atoms with Gasteiger partial charge in [0.1, 0.15) is 0 Å². The molecule has 0 spiro atoms. The van der Waals surface area contributed by atoms with Gasteiger partial charge >= 0.3 is 5.97 Å². The number of rotatable bonds is 6. The Labute approximate surface area is 219 Å². The summed E-state index contributed by atoms with van der Waals surface area (Å²) in [4.78, 5) is 14.1. The SMILES string of the molecule is CCc1ccc(N2C(C)Cc3cc(-c4cnn(C)c4)ccc3C2c2ccc(/C=C/C(=O)OC)cc2)cc1. The van der Waals surface area contributed by atoms with E-state index in [2.05, 4.69) is 96.8 Å². The zero-order chi connectivity index (χ0) is 25.9. The van der Waals surface area contributed by atoms with Crippen molar-refractivity contribution in [3.05, 3.63) is 113 Å². The first-order chi connectivity index (χ1) is 18.0. The summed E-state index contributed by atoms with van der Waals surface area (Å²) in [7, 11) is 3.34. The van der Waals surface area contributed by atoms with Gasteiger partial charge in [-0.05, 0) is 71.4 Å². The highest BCUT2D eigenvalue weighted by atomic mass is 16.5. The Morgan fingerprint density at radius 1 is 1.05 bits per heavy atom. The van der Waals surface area contributed by atoms with Gasteiger partial charge in [0.05, 0.1) is 19.3 Å². The number of fused-ring (bicyclic) bond motifs is 1. The highest BCUT2D eigenvalue weighted by Crippen LogP contribution is 2.42. The predicted octanol–water partition coefficient (Wildman–Crippen LogP) is 6.38. The number of hydrogen-bond acceptors (Lipinski definition) is 4. The number of ether oxygens (including phenoxy) is 1. The maximum atomic E-state index is 11.5. The van der Waals surface area contributed by atoms with Crippen LogP contribution in [0.25, 0.3) is 17.2 Å². The van der Waals surface area contributed by atoms with Crippen LogP contribution in [0.2, 0.25) is 0 Å². The van der Waals surface area contributed by atoms with Crippen molar-refractivity contribution in [1.29, 1.82) is 0 Å². The molecule has 0 bridgehead atoms. The molecule has 2 atom stereocenters. The fourth-order valence-electron chi connectivity index (χ4n) is 5.29. The standard InChI is InChI=1S/C32H33N3O2/c1-5-23-8-14-29(15-9-23)35-22(2)18-27-19-26(28-20-33-34(3)21-28)13-16-30(27)32(35)25-11-6-24(7-12-25)10-17-31(36)37-4/h6-17,19-22,32H,5,18H2,1-4H3/b17-10+. The molecule has 188 valence electrons. The van der Waals surface area contributed by atoms with E-state index in [1.807, 2.05) is 17.9 Å². The van der Waals surface area contributed by atoms with E-state index in [-0.39, 0.29) is 12.0 Å². The Kier molecular flexibility index (Phi) is 6.95. The van der Waals surface area contributed by atoms with Crippen LogP contribution in [-0.4, -0.2) is 28.9 Å². The third-order valence-electron chi connectivity index (χ3n) is 7.25. The quantitative estimate of drug-likeness (QED) is 0.232. The molecule has 0 N–H and O–H groups in total. The molecule has 0 amide bonds. The van der Waals surface area contributed by atoms with E-state index in [1.54, 1.807) is 6.08 Å². The zero-order valence-electron chi connectivity index (χ0n) is 21.9. The highest BCUT2D eigenvalue weighted by Gasteiger charge is 2.33. The van der Waals surface area contributed by atoms with Crippen molar-refractivity contribution in [3.63, 3.8) is 0 Å². The van der Waals surface area contributed by atoms with Crippen LogP contribution < -0.4 is 4.90 Å². The van der Waals surface area contributed by atoms with Crippen LogP contribution in [0.1, 0.15) is 47.7 Å². The molecule has 0 saturated carbocycles. The number of aryl methyl sites for hydroxylation is 2. The van der Waals surface area contributed by atoms with Gasteiger partial charge in [-0.1, -0.05) is 61.5 Å². The molecule has 37 heavy (non-hydrogen) atoms. The second-order valence-electron chi connectivity index (χ2n) is 9.72. The minimum Gasteiger partial charge on any atom is -0.466 e. The Bertz CT molecular complexity index is 1420. The topological polar surface area (TPSA) is 47.4 Å². The molecule has 1 aliphatic heterocycles. The average molecular weight is 492 g/mol. The fourth-order valence-corrected chi connectivity index (χ4v) is 5.29. The van der Waals surface area contributed by atoms with E-state index in [9.17, 15) is 4.79 Å². The lowest BCUT2D eigenvalue weighted by Crippen LogP contribution is -2.42. The maximum absolute atomic E-state index is 11.5. The molecular formula is C32H33N3O2. The van der Waals surface area contributed by atoms with Crippen LogP contribution in [0.4, 0.5) is 5.69 Å². The Hall–Kier alpha value is -4.12. The smallest absolute Gasteiger partial charge is 0.330 e. The Morgan fingerprint density at radius 3 is 2.46 bits per heavy atom. The first kappa shape index (κ1) is 24.6. The molecule has 1 aliphatic rings. The van der Waals surface area contributed by atoms with E-state index >= 15 is 0 Å². The van der Waals surface area contributed by atoms with Crippen molar-refractivity contribution >= 4 is 17.7 Å². The molecule has 3 aromatic carbocycles. The third kappa shape index (κ3) is 5.08. The number of hydrogen-bond donors (Lipinski definition) is 0. The first-order valence-electron chi connectivity index (χ1n) is 12.8. The van der Waals surface area contributed by atoms with Gasteiger partial charge in [0.25, 0.3) is 0 Å². The second-order valence-corrected chi connectivity index (χ2v) is 9.72. The van der Waals surface area contributed by atoms with Crippen molar-refractivity contribution in [2.75, 3.05) is 12.0 Å². The van der Waals surface area contributed by atoms with Crippen LogP contribution >= 0.6 is 0 Å². The minimum atomic E-state index is -0.356. The molecule has 5 rings (SSSR count). The predicted molar refractivity (Wildman–Crippen MR) is 149 cm³/mol. The minimum absolute atomic E-state index is 0.0767. The molecule has 1 aromatic heterocycles. The third-order valence-corrected chi connectivity index (χ3v) is 7.25. The number of aromatic nitrogens is 2. The van der Waals surface area contributed by atoms with Gasteiger partial charge in [-0.3, -0.25) is 4.68 Å².